The molecule has 5 heterocycles. The standard InChI is InChI=1S/C41H54N6O6S/c1-23-24(2)35(23)38(49)44-31-19-34-43-32(21-54-34)26-12-13-33-28(18-26)29(20-41(4,5)22-53-40(51)30-11-8-16-47(45-30)39(31)50)37(46(33)15-9-17-48)27-10-7-14-42-36(27)25(3)52-6/h7,10,12-14,18,23-25,30-32,35,45,48H,8-9,11,15-17,19-22H2,1-6H3,(H,44,49)/t23-,24+,25-,30-,31-,32?,35+/m0/s1. The van der Waals surface area contributed by atoms with Crippen LogP contribution in [0.1, 0.15) is 89.3 Å². The van der Waals surface area contributed by atoms with Gasteiger partial charge in [-0.3, -0.25) is 29.4 Å². The number of esters is 1. The van der Waals surface area contributed by atoms with E-state index in [4.69, 9.17) is 19.5 Å². The lowest BCUT2D eigenvalue weighted by molar-refractivity contribution is -0.155. The summed E-state index contributed by atoms with van der Waals surface area (Å²) in [5, 5.41) is 16.5. The number of hydrogen-bond acceptors (Lipinski definition) is 10. The highest BCUT2D eigenvalue weighted by Crippen LogP contribution is 2.46. The van der Waals surface area contributed by atoms with Gasteiger partial charge in [0.25, 0.3) is 5.91 Å². The van der Waals surface area contributed by atoms with Gasteiger partial charge in [0.1, 0.15) is 12.1 Å². The van der Waals surface area contributed by atoms with Gasteiger partial charge in [-0.15, -0.1) is 11.8 Å². The number of benzene rings is 1. The van der Waals surface area contributed by atoms with Gasteiger partial charge in [-0.25, -0.2) is 5.43 Å². The summed E-state index contributed by atoms with van der Waals surface area (Å²) in [6.45, 7) is 11.6. The van der Waals surface area contributed by atoms with Crippen LogP contribution in [-0.2, 0) is 36.8 Å². The molecule has 1 aliphatic carbocycles. The molecular formula is C41H54N6O6S. The minimum absolute atomic E-state index is 0.0500. The third-order valence-electron chi connectivity index (χ3n) is 11.8. The van der Waals surface area contributed by atoms with Crippen molar-refractivity contribution in [2.45, 2.75) is 97.5 Å². The Bertz CT molecular complexity index is 1940. The number of hydrogen-bond donors (Lipinski definition) is 3. The number of pyridine rings is 1. The number of aliphatic hydroxyl groups is 1. The number of amides is 2. The van der Waals surface area contributed by atoms with Gasteiger partial charge in [-0.05, 0) is 79.8 Å². The van der Waals surface area contributed by atoms with E-state index in [2.05, 4.69) is 67.3 Å². The van der Waals surface area contributed by atoms with Crippen molar-refractivity contribution in [2.24, 2.45) is 28.2 Å². The Balaban J connectivity index is 1.35. The summed E-state index contributed by atoms with van der Waals surface area (Å²) >= 11 is 1.63. The smallest absolute Gasteiger partial charge is 0.324 e. The molecule has 3 N–H and O–H groups in total. The van der Waals surface area contributed by atoms with Crippen LogP contribution in [0.4, 0.5) is 0 Å². The Labute approximate surface area is 321 Å². The van der Waals surface area contributed by atoms with Crippen molar-refractivity contribution in [1.29, 1.82) is 0 Å². The molecule has 1 saturated carbocycles. The number of cyclic esters (lactones) is 1. The van der Waals surface area contributed by atoms with E-state index in [1.165, 1.54) is 5.01 Å². The summed E-state index contributed by atoms with van der Waals surface area (Å²) in [7, 11) is 1.68. The number of aryl methyl sites for hydroxylation is 1. The number of aliphatic imine (C=N–C) groups is 1. The van der Waals surface area contributed by atoms with Crippen LogP contribution in [0.3, 0.4) is 0 Å². The van der Waals surface area contributed by atoms with Crippen molar-refractivity contribution in [2.75, 3.05) is 32.6 Å². The highest BCUT2D eigenvalue weighted by atomic mass is 32.2. The van der Waals surface area contributed by atoms with E-state index in [0.29, 0.717) is 38.8 Å². The van der Waals surface area contributed by atoms with Crippen molar-refractivity contribution >= 4 is 45.5 Å². The fourth-order valence-corrected chi connectivity index (χ4v) is 9.44. The van der Waals surface area contributed by atoms with E-state index in [0.717, 1.165) is 49.8 Å². The summed E-state index contributed by atoms with van der Waals surface area (Å²) in [4.78, 5) is 51.2. The highest BCUT2D eigenvalue weighted by molar-refractivity contribution is 8.14. The highest BCUT2D eigenvalue weighted by Gasteiger charge is 2.49. The minimum atomic E-state index is -0.817. The number of aliphatic hydroxyl groups excluding tert-OH is 1. The Morgan fingerprint density at radius 3 is 2.76 bits per heavy atom. The van der Waals surface area contributed by atoms with Crippen LogP contribution < -0.4 is 10.7 Å². The Morgan fingerprint density at radius 1 is 1.22 bits per heavy atom. The van der Waals surface area contributed by atoms with Gasteiger partial charge in [0, 0.05) is 73.0 Å². The molecule has 12 nitrogen and oxygen atoms in total. The first-order valence-electron chi connectivity index (χ1n) is 19.4. The molecule has 54 heavy (non-hydrogen) atoms. The van der Waals surface area contributed by atoms with Crippen LogP contribution in [0.25, 0.3) is 22.2 Å². The number of carbonyl (C=O) groups excluding carboxylic acids is 3. The molecule has 3 aliphatic heterocycles. The maximum Gasteiger partial charge on any atom is 0.324 e. The predicted octanol–water partition coefficient (Wildman–Crippen LogP) is 5.38. The van der Waals surface area contributed by atoms with E-state index in [1.54, 1.807) is 25.1 Å². The van der Waals surface area contributed by atoms with Gasteiger partial charge in [0.15, 0.2) is 0 Å². The molecule has 7 atom stereocenters. The average molecular weight is 759 g/mol. The largest absolute Gasteiger partial charge is 0.464 e. The first-order valence-corrected chi connectivity index (χ1v) is 20.4. The molecule has 1 unspecified atom stereocenters. The molecule has 6 bridgehead atoms. The first kappa shape index (κ1) is 38.5. The molecule has 2 fully saturated rings. The van der Waals surface area contributed by atoms with E-state index < -0.39 is 23.5 Å². The average Bonchev–Trinajstić information content (AvgIpc) is 3.44. The third-order valence-corrected chi connectivity index (χ3v) is 12.9. The summed E-state index contributed by atoms with van der Waals surface area (Å²) in [6.07, 6.45) is 4.13. The quantitative estimate of drug-likeness (QED) is 0.258. The normalized spacial score (nSPS) is 27.6. The van der Waals surface area contributed by atoms with Crippen LogP contribution in [-0.4, -0.2) is 87.2 Å². The fourth-order valence-electron chi connectivity index (χ4n) is 8.34. The van der Waals surface area contributed by atoms with Crippen molar-refractivity contribution < 1.29 is 29.0 Å². The van der Waals surface area contributed by atoms with E-state index >= 15 is 0 Å². The van der Waals surface area contributed by atoms with Gasteiger partial charge >= 0.3 is 5.97 Å². The van der Waals surface area contributed by atoms with E-state index in [9.17, 15) is 19.5 Å². The maximum atomic E-state index is 14.1. The van der Waals surface area contributed by atoms with Crippen molar-refractivity contribution in [3.63, 3.8) is 0 Å². The number of fused-ring (bicyclic) bond motifs is 5. The molecule has 1 saturated heterocycles. The first-order chi connectivity index (χ1) is 25.9. The number of aromatic nitrogens is 2. The predicted molar refractivity (Wildman–Crippen MR) is 210 cm³/mol. The molecule has 1 aromatic carbocycles. The fraction of sp³-hybridized carbons (Fsp3) is 0.585. The monoisotopic (exact) mass is 758 g/mol. The van der Waals surface area contributed by atoms with Crippen LogP contribution in [0.2, 0.25) is 0 Å². The lowest BCUT2D eigenvalue weighted by atomic mass is 9.84. The van der Waals surface area contributed by atoms with Crippen molar-refractivity contribution in [3.8, 4) is 11.3 Å². The van der Waals surface area contributed by atoms with Crippen LogP contribution >= 0.6 is 11.8 Å². The second-order valence-corrected chi connectivity index (χ2v) is 17.4. The van der Waals surface area contributed by atoms with Crippen molar-refractivity contribution in [3.05, 3.63) is 53.3 Å². The number of hydrazine groups is 1. The molecule has 0 spiro atoms. The van der Waals surface area contributed by atoms with Gasteiger partial charge < -0.3 is 24.5 Å². The lowest BCUT2D eigenvalue weighted by Gasteiger charge is -2.35. The lowest BCUT2D eigenvalue weighted by Crippen LogP contribution is -2.60. The van der Waals surface area contributed by atoms with Gasteiger partial charge in [0.05, 0.1) is 35.2 Å². The molecular weight excluding hydrogens is 705 g/mol. The topological polar surface area (TPSA) is 147 Å². The Hall–Kier alpha value is -3.78. The number of nitrogens with zero attached hydrogens (tertiary/aromatic N) is 4. The zero-order valence-corrected chi connectivity index (χ0v) is 33.1. The Morgan fingerprint density at radius 2 is 2.02 bits per heavy atom. The molecule has 0 radical (unpaired) electrons. The summed E-state index contributed by atoms with van der Waals surface area (Å²) in [5.41, 5.74) is 8.69. The van der Waals surface area contributed by atoms with Gasteiger partial charge in [-0.1, -0.05) is 33.8 Å². The SMILES string of the molecule is CO[C@@H](C)c1ncccc1-c1c2c3cc(ccc3n1CCCO)C1CSC(=N1)C[C@H](NC(=O)[C@H]1[C@H](C)[C@@H]1C)C(=O)N1CCC[C@H](N1)C(=O)OCC(C)(C)C2. The molecule has 2 amide bonds. The minimum Gasteiger partial charge on any atom is -0.464 e. The summed E-state index contributed by atoms with van der Waals surface area (Å²) in [5.74, 6) is 0.356. The van der Waals surface area contributed by atoms with Crippen molar-refractivity contribution in [1.82, 2.24) is 25.3 Å². The number of rotatable bonds is 8. The molecule has 13 heteroatoms. The van der Waals surface area contributed by atoms with Gasteiger partial charge in [-0.2, -0.15) is 0 Å². The van der Waals surface area contributed by atoms with Crippen LogP contribution in [0.5, 0.6) is 0 Å². The number of carbonyl (C=O) groups is 3. The van der Waals surface area contributed by atoms with E-state index in [1.807, 2.05) is 13.0 Å². The summed E-state index contributed by atoms with van der Waals surface area (Å²) in [6, 6.07) is 8.92. The third kappa shape index (κ3) is 7.69. The van der Waals surface area contributed by atoms with Crippen LogP contribution in [0.15, 0.2) is 41.5 Å². The molecule has 7 rings (SSSR count). The number of nitrogens with one attached hydrogen (secondary N) is 2. The number of thioether (sulfide) groups is 1. The molecule has 4 aliphatic rings. The maximum absolute atomic E-state index is 14.1. The summed E-state index contributed by atoms with van der Waals surface area (Å²) < 4.78 is 14.2. The second kappa shape index (κ2) is 15.8. The number of ether oxygens (including phenoxy) is 2. The zero-order valence-electron chi connectivity index (χ0n) is 32.3. The zero-order chi connectivity index (χ0) is 38.3. The Kier molecular flexibility index (Phi) is 11.2. The molecule has 3 aromatic rings. The molecule has 290 valence electrons. The van der Waals surface area contributed by atoms with Gasteiger partial charge in [0.2, 0.25) is 5.91 Å². The molecule has 2 aromatic heterocycles. The van der Waals surface area contributed by atoms with E-state index in [-0.39, 0.29) is 61.3 Å². The second-order valence-electron chi connectivity index (χ2n) is 16.3. The van der Waals surface area contributed by atoms with Crippen LogP contribution in [0, 0.1) is 23.2 Å². The number of methoxy groups -OCH3 is 1.